The first-order valence-corrected chi connectivity index (χ1v) is 6.44. The Balaban J connectivity index is 2.08. The molecule has 0 unspecified atom stereocenters. The Labute approximate surface area is 98.4 Å². The molecule has 0 fully saturated rings. The highest BCUT2D eigenvalue weighted by Crippen LogP contribution is 2.04. The molecule has 0 amide bonds. The normalized spacial score (nSPS) is 11.2. The second-order valence-corrected chi connectivity index (χ2v) is 4.25. The van der Waals surface area contributed by atoms with Crippen LogP contribution in [0.2, 0.25) is 0 Å². The maximum Gasteiger partial charge on any atom is 0.0692 e. The van der Waals surface area contributed by atoms with Crippen LogP contribution in [0.1, 0.15) is 46.0 Å². The molecule has 1 N–H and O–H groups in total. The van der Waals surface area contributed by atoms with Crippen molar-refractivity contribution in [3.05, 3.63) is 12.4 Å². The van der Waals surface area contributed by atoms with Crippen LogP contribution in [0.25, 0.3) is 0 Å². The van der Waals surface area contributed by atoms with Gasteiger partial charge in [0.1, 0.15) is 0 Å². The molecular weight excluding hydrogens is 200 g/mol. The fraction of sp³-hybridized carbons (Fsp3) is 0.833. The summed E-state index contributed by atoms with van der Waals surface area (Å²) in [4.78, 5) is 0. The molecule has 0 aliphatic carbocycles. The van der Waals surface area contributed by atoms with Gasteiger partial charge in [-0.15, -0.1) is 5.10 Å². The molecule has 0 aliphatic rings. The summed E-state index contributed by atoms with van der Waals surface area (Å²) < 4.78 is 1.89. The van der Waals surface area contributed by atoms with E-state index in [4.69, 9.17) is 0 Å². The molecule has 1 aromatic rings. The van der Waals surface area contributed by atoms with Crippen molar-refractivity contribution in [3.63, 3.8) is 0 Å². The SMILES string of the molecule is CCCC(CCC)NCCCn1ccnn1. The van der Waals surface area contributed by atoms with Crippen molar-refractivity contribution in [1.82, 2.24) is 20.3 Å². The molecule has 0 saturated heterocycles. The van der Waals surface area contributed by atoms with Crippen molar-refractivity contribution in [2.45, 2.75) is 58.5 Å². The highest BCUT2D eigenvalue weighted by atomic mass is 15.4. The van der Waals surface area contributed by atoms with E-state index in [0.29, 0.717) is 6.04 Å². The number of hydrogen-bond acceptors (Lipinski definition) is 3. The summed E-state index contributed by atoms with van der Waals surface area (Å²) in [6.07, 6.45) is 9.86. The van der Waals surface area contributed by atoms with Crippen molar-refractivity contribution in [1.29, 1.82) is 0 Å². The Kier molecular flexibility index (Phi) is 6.81. The molecule has 0 radical (unpaired) electrons. The van der Waals surface area contributed by atoms with Gasteiger partial charge in [0, 0.05) is 18.8 Å². The van der Waals surface area contributed by atoms with E-state index in [9.17, 15) is 0 Å². The van der Waals surface area contributed by atoms with E-state index in [2.05, 4.69) is 29.5 Å². The maximum atomic E-state index is 3.94. The van der Waals surface area contributed by atoms with Crippen LogP contribution in [0.15, 0.2) is 12.4 Å². The second-order valence-electron chi connectivity index (χ2n) is 4.25. The summed E-state index contributed by atoms with van der Waals surface area (Å²) in [5.74, 6) is 0. The standard InChI is InChI=1S/C12H24N4/c1-3-6-12(7-4-2)13-8-5-10-16-11-9-14-15-16/h9,11-13H,3-8,10H2,1-2H3. The van der Waals surface area contributed by atoms with E-state index in [1.54, 1.807) is 6.20 Å². The average molecular weight is 224 g/mol. The zero-order chi connectivity index (χ0) is 11.6. The molecule has 4 heteroatoms. The van der Waals surface area contributed by atoms with Crippen molar-refractivity contribution in [2.24, 2.45) is 0 Å². The Morgan fingerprint density at radius 3 is 2.56 bits per heavy atom. The van der Waals surface area contributed by atoms with Crippen LogP contribution in [-0.4, -0.2) is 27.6 Å². The van der Waals surface area contributed by atoms with E-state index >= 15 is 0 Å². The number of nitrogens with zero attached hydrogens (tertiary/aromatic N) is 3. The van der Waals surface area contributed by atoms with Crippen LogP contribution in [0.4, 0.5) is 0 Å². The lowest BCUT2D eigenvalue weighted by molar-refractivity contribution is 0.426. The minimum Gasteiger partial charge on any atom is -0.314 e. The first-order chi connectivity index (χ1) is 7.86. The number of aryl methyl sites for hydroxylation is 1. The van der Waals surface area contributed by atoms with Crippen molar-refractivity contribution in [2.75, 3.05) is 6.54 Å². The zero-order valence-electron chi connectivity index (χ0n) is 10.5. The largest absolute Gasteiger partial charge is 0.314 e. The zero-order valence-corrected chi connectivity index (χ0v) is 10.5. The summed E-state index contributed by atoms with van der Waals surface area (Å²) >= 11 is 0. The molecule has 4 nitrogen and oxygen atoms in total. The summed E-state index contributed by atoms with van der Waals surface area (Å²) in [5.41, 5.74) is 0. The predicted octanol–water partition coefficient (Wildman–Crippen LogP) is 2.23. The van der Waals surface area contributed by atoms with Gasteiger partial charge in [-0.2, -0.15) is 0 Å². The molecule has 1 heterocycles. The third kappa shape index (κ3) is 5.26. The van der Waals surface area contributed by atoms with Crippen LogP contribution >= 0.6 is 0 Å². The van der Waals surface area contributed by atoms with Gasteiger partial charge >= 0.3 is 0 Å². The van der Waals surface area contributed by atoms with Gasteiger partial charge in [-0.3, -0.25) is 4.68 Å². The predicted molar refractivity (Wildman–Crippen MR) is 66.2 cm³/mol. The molecule has 0 spiro atoms. The maximum absolute atomic E-state index is 3.94. The Hall–Kier alpha value is -0.900. The number of aromatic nitrogens is 3. The first kappa shape index (κ1) is 13.2. The minimum atomic E-state index is 0.700. The van der Waals surface area contributed by atoms with Crippen LogP contribution in [0.5, 0.6) is 0 Å². The van der Waals surface area contributed by atoms with Crippen LogP contribution in [0, 0.1) is 0 Å². The number of rotatable bonds is 9. The molecular formula is C12H24N4. The Morgan fingerprint density at radius 2 is 2.00 bits per heavy atom. The number of nitrogens with one attached hydrogen (secondary N) is 1. The molecule has 1 aromatic heterocycles. The van der Waals surface area contributed by atoms with Gasteiger partial charge in [-0.25, -0.2) is 0 Å². The van der Waals surface area contributed by atoms with Crippen molar-refractivity contribution < 1.29 is 0 Å². The van der Waals surface area contributed by atoms with E-state index in [-0.39, 0.29) is 0 Å². The summed E-state index contributed by atoms with van der Waals surface area (Å²) in [6, 6.07) is 0.700. The third-order valence-electron chi connectivity index (χ3n) is 2.74. The molecule has 0 bridgehead atoms. The Morgan fingerprint density at radius 1 is 1.25 bits per heavy atom. The minimum absolute atomic E-state index is 0.700. The summed E-state index contributed by atoms with van der Waals surface area (Å²) in [5, 5.41) is 11.4. The van der Waals surface area contributed by atoms with E-state index < -0.39 is 0 Å². The van der Waals surface area contributed by atoms with Gasteiger partial charge in [0.2, 0.25) is 0 Å². The molecule has 0 saturated carbocycles. The van der Waals surface area contributed by atoms with Crippen LogP contribution in [0.3, 0.4) is 0 Å². The quantitative estimate of drug-likeness (QED) is 0.654. The van der Waals surface area contributed by atoms with Gasteiger partial charge in [0.05, 0.1) is 6.20 Å². The fourth-order valence-corrected chi connectivity index (χ4v) is 1.94. The van der Waals surface area contributed by atoms with Gasteiger partial charge in [-0.1, -0.05) is 31.9 Å². The summed E-state index contributed by atoms with van der Waals surface area (Å²) in [6.45, 7) is 6.53. The smallest absolute Gasteiger partial charge is 0.0692 e. The average Bonchev–Trinajstić information content (AvgIpc) is 2.78. The monoisotopic (exact) mass is 224 g/mol. The molecule has 1 rings (SSSR count). The lowest BCUT2D eigenvalue weighted by Crippen LogP contribution is -2.30. The summed E-state index contributed by atoms with van der Waals surface area (Å²) in [7, 11) is 0. The van der Waals surface area contributed by atoms with Gasteiger partial charge < -0.3 is 5.32 Å². The molecule has 0 aliphatic heterocycles. The highest BCUT2D eigenvalue weighted by Gasteiger charge is 2.04. The fourth-order valence-electron chi connectivity index (χ4n) is 1.94. The topological polar surface area (TPSA) is 42.7 Å². The van der Waals surface area contributed by atoms with Gasteiger partial charge in [0.15, 0.2) is 0 Å². The van der Waals surface area contributed by atoms with Gasteiger partial charge in [0.25, 0.3) is 0 Å². The lowest BCUT2D eigenvalue weighted by Gasteiger charge is -2.17. The van der Waals surface area contributed by atoms with Crippen molar-refractivity contribution >= 4 is 0 Å². The van der Waals surface area contributed by atoms with E-state index in [0.717, 1.165) is 19.5 Å². The molecule has 92 valence electrons. The second kappa shape index (κ2) is 8.28. The molecule has 16 heavy (non-hydrogen) atoms. The third-order valence-corrected chi connectivity index (χ3v) is 2.74. The molecule has 0 atom stereocenters. The highest BCUT2D eigenvalue weighted by molar-refractivity contribution is 4.67. The number of hydrogen-bond donors (Lipinski definition) is 1. The van der Waals surface area contributed by atoms with E-state index in [1.807, 2.05) is 10.9 Å². The van der Waals surface area contributed by atoms with Crippen molar-refractivity contribution in [3.8, 4) is 0 Å². The molecule has 0 aromatic carbocycles. The first-order valence-electron chi connectivity index (χ1n) is 6.44. The Bertz CT molecular complexity index is 240. The van der Waals surface area contributed by atoms with E-state index in [1.165, 1.54) is 25.7 Å². The van der Waals surface area contributed by atoms with Gasteiger partial charge in [-0.05, 0) is 25.8 Å². The lowest BCUT2D eigenvalue weighted by atomic mass is 10.1. The van der Waals surface area contributed by atoms with Crippen LogP contribution in [-0.2, 0) is 6.54 Å². The van der Waals surface area contributed by atoms with Crippen LogP contribution < -0.4 is 5.32 Å².